The molecule has 0 bridgehead atoms. The van der Waals surface area contributed by atoms with Gasteiger partial charge in [0.25, 0.3) is 0 Å². The number of nitrogens with zero attached hydrogens (tertiary/aromatic N) is 1. The van der Waals surface area contributed by atoms with Crippen molar-refractivity contribution in [1.29, 1.82) is 0 Å². The van der Waals surface area contributed by atoms with Crippen LogP contribution in [-0.2, 0) is 4.84 Å². The topological polar surface area (TPSA) is 41.8 Å². The van der Waals surface area contributed by atoms with E-state index in [-0.39, 0.29) is 5.92 Å². The number of hydrogen-bond donors (Lipinski definition) is 1. The van der Waals surface area contributed by atoms with E-state index in [0.29, 0.717) is 24.9 Å². The Hall–Kier alpha value is -0.830. The molecule has 2 aliphatic carbocycles. The van der Waals surface area contributed by atoms with Gasteiger partial charge in [0.05, 0.1) is 11.3 Å². The van der Waals surface area contributed by atoms with Gasteiger partial charge in [0.2, 0.25) is 0 Å². The van der Waals surface area contributed by atoms with E-state index in [4.69, 9.17) is 4.84 Å². The van der Waals surface area contributed by atoms with E-state index in [1.807, 2.05) is 6.08 Å². The summed E-state index contributed by atoms with van der Waals surface area (Å²) < 4.78 is 0. The summed E-state index contributed by atoms with van der Waals surface area (Å²) in [4.78, 5) is 5.08. The number of aliphatic hydroxyl groups is 1. The Labute approximate surface area is 83.4 Å². The molecule has 14 heavy (non-hydrogen) atoms. The molecule has 0 radical (unpaired) electrons. The van der Waals surface area contributed by atoms with Crippen molar-refractivity contribution in [3.05, 3.63) is 12.7 Å². The Bertz CT molecular complexity index is 312. The van der Waals surface area contributed by atoms with Crippen LogP contribution in [-0.4, -0.2) is 23.0 Å². The van der Waals surface area contributed by atoms with Gasteiger partial charge in [-0.15, -0.1) is 6.58 Å². The average Bonchev–Trinajstić information content (AvgIpc) is 2.73. The summed E-state index contributed by atoms with van der Waals surface area (Å²) >= 11 is 0. The molecule has 3 rings (SSSR count). The lowest BCUT2D eigenvalue weighted by Gasteiger charge is -2.28. The SMILES string of the molecule is C=C[C@H]1CC[C@@H]2[C@H]3CON=C3C[C@@]21O. The second-order valence-corrected chi connectivity index (χ2v) is 4.68. The van der Waals surface area contributed by atoms with E-state index in [9.17, 15) is 5.11 Å². The van der Waals surface area contributed by atoms with Crippen LogP contribution in [0.3, 0.4) is 0 Å². The van der Waals surface area contributed by atoms with Crippen LogP contribution in [0.2, 0.25) is 0 Å². The minimum atomic E-state index is -0.560. The molecule has 1 N–H and O–H groups in total. The third-order valence-corrected chi connectivity index (χ3v) is 4.17. The highest BCUT2D eigenvalue weighted by Gasteiger charge is 2.59. The van der Waals surface area contributed by atoms with Crippen LogP contribution >= 0.6 is 0 Å². The molecule has 3 nitrogen and oxygen atoms in total. The van der Waals surface area contributed by atoms with Crippen molar-refractivity contribution in [3.8, 4) is 0 Å². The first-order valence-electron chi connectivity index (χ1n) is 5.29. The quantitative estimate of drug-likeness (QED) is 0.638. The van der Waals surface area contributed by atoms with Gasteiger partial charge in [-0.3, -0.25) is 0 Å². The Morgan fingerprint density at radius 3 is 3.21 bits per heavy atom. The Morgan fingerprint density at radius 1 is 1.57 bits per heavy atom. The molecule has 0 aromatic rings. The molecule has 76 valence electrons. The highest BCUT2D eigenvalue weighted by molar-refractivity contribution is 5.91. The molecule has 2 saturated carbocycles. The molecular formula is C11H15NO2. The lowest BCUT2D eigenvalue weighted by molar-refractivity contribution is -0.0197. The summed E-state index contributed by atoms with van der Waals surface area (Å²) in [6, 6.07) is 0. The summed E-state index contributed by atoms with van der Waals surface area (Å²) in [5, 5.41) is 14.6. The normalized spacial score (nSPS) is 49.5. The van der Waals surface area contributed by atoms with Gasteiger partial charge in [0, 0.05) is 24.2 Å². The lowest BCUT2D eigenvalue weighted by atomic mass is 9.84. The lowest BCUT2D eigenvalue weighted by Crippen LogP contribution is -2.36. The van der Waals surface area contributed by atoms with Crippen molar-refractivity contribution in [2.45, 2.75) is 24.9 Å². The molecule has 0 aromatic carbocycles. The number of rotatable bonds is 1. The third kappa shape index (κ3) is 0.836. The average molecular weight is 193 g/mol. The van der Waals surface area contributed by atoms with Gasteiger partial charge in [-0.2, -0.15) is 0 Å². The van der Waals surface area contributed by atoms with Gasteiger partial charge in [0.1, 0.15) is 6.61 Å². The fraction of sp³-hybridized carbons (Fsp3) is 0.727. The Kier molecular flexibility index (Phi) is 1.57. The van der Waals surface area contributed by atoms with Crippen molar-refractivity contribution in [1.82, 2.24) is 0 Å². The van der Waals surface area contributed by atoms with E-state index in [2.05, 4.69) is 11.7 Å². The van der Waals surface area contributed by atoms with Crippen LogP contribution in [0, 0.1) is 17.8 Å². The molecule has 3 heteroatoms. The smallest absolute Gasteiger partial charge is 0.125 e. The number of oxime groups is 1. The van der Waals surface area contributed by atoms with Crippen LogP contribution in [0.1, 0.15) is 19.3 Å². The van der Waals surface area contributed by atoms with E-state index in [0.717, 1.165) is 18.6 Å². The van der Waals surface area contributed by atoms with Crippen molar-refractivity contribution >= 4 is 5.71 Å². The van der Waals surface area contributed by atoms with E-state index >= 15 is 0 Å². The maximum absolute atomic E-state index is 10.6. The van der Waals surface area contributed by atoms with E-state index in [1.54, 1.807) is 0 Å². The van der Waals surface area contributed by atoms with Gasteiger partial charge < -0.3 is 9.94 Å². The first-order chi connectivity index (χ1) is 6.75. The standard InChI is InChI=1S/C11H15NO2/c1-2-7-3-4-9-8-6-14-12-10(8)5-11(7,9)13/h2,7-9,13H,1,3-6H2/t7-,8+,9+,11-/m0/s1. The second kappa shape index (κ2) is 2.60. The summed E-state index contributed by atoms with van der Waals surface area (Å²) in [7, 11) is 0. The zero-order valence-electron chi connectivity index (χ0n) is 8.15. The molecule has 3 aliphatic rings. The van der Waals surface area contributed by atoms with Crippen molar-refractivity contribution in [2.75, 3.05) is 6.61 Å². The van der Waals surface area contributed by atoms with Crippen LogP contribution < -0.4 is 0 Å². The second-order valence-electron chi connectivity index (χ2n) is 4.68. The van der Waals surface area contributed by atoms with E-state index < -0.39 is 5.60 Å². The van der Waals surface area contributed by atoms with Crippen molar-refractivity contribution < 1.29 is 9.94 Å². The first kappa shape index (κ1) is 8.48. The Balaban J connectivity index is 1.97. The predicted octanol–water partition coefficient (Wildman–Crippen LogP) is 1.34. The zero-order chi connectivity index (χ0) is 9.76. The number of fused-ring (bicyclic) bond motifs is 3. The molecule has 0 unspecified atom stereocenters. The molecule has 2 fully saturated rings. The maximum atomic E-state index is 10.6. The zero-order valence-corrected chi connectivity index (χ0v) is 8.15. The van der Waals surface area contributed by atoms with Gasteiger partial charge in [-0.25, -0.2) is 0 Å². The van der Waals surface area contributed by atoms with Crippen molar-refractivity contribution in [2.24, 2.45) is 22.9 Å². The summed E-state index contributed by atoms with van der Waals surface area (Å²) in [6.07, 6.45) is 4.75. The van der Waals surface area contributed by atoms with Crippen LogP contribution in [0.25, 0.3) is 0 Å². The highest BCUT2D eigenvalue weighted by atomic mass is 16.6. The number of hydrogen-bond acceptors (Lipinski definition) is 3. The van der Waals surface area contributed by atoms with E-state index in [1.165, 1.54) is 0 Å². The van der Waals surface area contributed by atoms with Gasteiger partial charge in [-0.1, -0.05) is 11.2 Å². The van der Waals surface area contributed by atoms with Crippen LogP contribution in [0.5, 0.6) is 0 Å². The van der Waals surface area contributed by atoms with Crippen LogP contribution in [0.4, 0.5) is 0 Å². The van der Waals surface area contributed by atoms with Gasteiger partial charge in [0.15, 0.2) is 0 Å². The minimum absolute atomic E-state index is 0.251. The molecule has 0 aromatic heterocycles. The van der Waals surface area contributed by atoms with Crippen molar-refractivity contribution in [3.63, 3.8) is 0 Å². The largest absolute Gasteiger partial charge is 0.395 e. The molecule has 0 spiro atoms. The fourth-order valence-corrected chi connectivity index (χ4v) is 3.43. The molecule has 0 saturated heterocycles. The van der Waals surface area contributed by atoms with Crippen LogP contribution in [0.15, 0.2) is 17.8 Å². The molecule has 1 aliphatic heterocycles. The highest BCUT2D eigenvalue weighted by Crippen LogP contribution is 2.53. The molecule has 4 atom stereocenters. The summed E-state index contributed by atoms with van der Waals surface area (Å²) in [5.41, 5.74) is 0.513. The summed E-state index contributed by atoms with van der Waals surface area (Å²) in [5.74, 6) is 0.984. The molecule has 1 heterocycles. The third-order valence-electron chi connectivity index (χ3n) is 4.17. The molecular weight excluding hydrogens is 178 g/mol. The monoisotopic (exact) mass is 193 g/mol. The Morgan fingerprint density at radius 2 is 2.43 bits per heavy atom. The maximum Gasteiger partial charge on any atom is 0.125 e. The van der Waals surface area contributed by atoms with Gasteiger partial charge >= 0.3 is 0 Å². The summed E-state index contributed by atoms with van der Waals surface area (Å²) in [6.45, 7) is 4.48. The minimum Gasteiger partial charge on any atom is -0.395 e. The fourth-order valence-electron chi connectivity index (χ4n) is 3.43. The predicted molar refractivity (Wildman–Crippen MR) is 52.9 cm³/mol. The first-order valence-corrected chi connectivity index (χ1v) is 5.29. The molecule has 0 amide bonds. The van der Waals surface area contributed by atoms with Gasteiger partial charge in [-0.05, 0) is 12.8 Å².